The van der Waals surface area contributed by atoms with Crippen molar-refractivity contribution in [3.05, 3.63) is 60.2 Å². The molecule has 0 aliphatic heterocycles. The fraction of sp³-hybridized carbons (Fsp3) is 0. The van der Waals surface area contributed by atoms with E-state index in [0.29, 0.717) is 0 Å². The van der Waals surface area contributed by atoms with Gasteiger partial charge in [0, 0.05) is 24.8 Å². The van der Waals surface area contributed by atoms with Crippen molar-refractivity contribution in [3.63, 3.8) is 0 Å². The summed E-state index contributed by atoms with van der Waals surface area (Å²) in [5.41, 5.74) is 6.25. The number of urea groups is 1. The van der Waals surface area contributed by atoms with E-state index in [9.17, 15) is 4.79 Å². The van der Waals surface area contributed by atoms with Crippen molar-refractivity contribution in [1.82, 2.24) is 20.8 Å². The zero-order chi connectivity index (χ0) is 14.0. The van der Waals surface area contributed by atoms with Crippen LogP contribution in [0.25, 0.3) is 0 Å². The van der Waals surface area contributed by atoms with Crippen LogP contribution in [0.2, 0.25) is 0 Å². The minimum atomic E-state index is -0.527. The maximum atomic E-state index is 11.3. The summed E-state index contributed by atoms with van der Waals surface area (Å²) in [4.78, 5) is 19.1. The maximum Gasteiger partial charge on any atom is 0.355 e. The minimum Gasteiger partial charge on any atom is -0.265 e. The van der Waals surface area contributed by atoms with Gasteiger partial charge in [-0.1, -0.05) is 0 Å². The quantitative estimate of drug-likeness (QED) is 0.643. The number of carbonyl (C=O) groups excluding carboxylic acids is 1. The molecule has 20 heavy (non-hydrogen) atoms. The molecule has 0 bridgehead atoms. The first-order valence-electron chi connectivity index (χ1n) is 5.77. The summed E-state index contributed by atoms with van der Waals surface area (Å²) in [6, 6.07) is 6.55. The van der Waals surface area contributed by atoms with Crippen LogP contribution in [0.5, 0.6) is 0 Å². The first-order valence-corrected chi connectivity index (χ1v) is 5.77. The molecule has 2 amide bonds. The molecular formula is C13H12N6O. The van der Waals surface area contributed by atoms with Crippen LogP contribution in [0.3, 0.4) is 0 Å². The molecule has 0 aliphatic rings. The first-order chi connectivity index (χ1) is 9.84. The van der Waals surface area contributed by atoms with E-state index in [1.165, 1.54) is 12.4 Å². The SMILES string of the molecule is O=C(NN=Cc1ccncc1)NN=Cc1ccncc1. The highest BCUT2D eigenvalue weighted by Crippen LogP contribution is 1.91. The highest BCUT2D eigenvalue weighted by atomic mass is 16.2. The Morgan fingerprint density at radius 3 is 1.65 bits per heavy atom. The van der Waals surface area contributed by atoms with Gasteiger partial charge in [0.25, 0.3) is 0 Å². The van der Waals surface area contributed by atoms with E-state index in [1.54, 1.807) is 49.1 Å². The molecule has 0 aliphatic carbocycles. The van der Waals surface area contributed by atoms with Crippen molar-refractivity contribution in [2.24, 2.45) is 10.2 Å². The number of hydrazone groups is 2. The molecule has 2 rings (SSSR count). The van der Waals surface area contributed by atoms with Crippen LogP contribution in [-0.2, 0) is 0 Å². The molecule has 2 N–H and O–H groups in total. The summed E-state index contributed by atoms with van der Waals surface area (Å²) in [7, 11) is 0. The molecule has 100 valence electrons. The maximum absolute atomic E-state index is 11.3. The highest BCUT2D eigenvalue weighted by molar-refractivity contribution is 5.83. The molecule has 0 aromatic carbocycles. The van der Waals surface area contributed by atoms with Crippen LogP contribution in [0.1, 0.15) is 11.1 Å². The number of pyridine rings is 2. The monoisotopic (exact) mass is 268 g/mol. The zero-order valence-corrected chi connectivity index (χ0v) is 10.5. The minimum absolute atomic E-state index is 0.527. The average molecular weight is 268 g/mol. The van der Waals surface area contributed by atoms with E-state index in [1.807, 2.05) is 0 Å². The second kappa shape index (κ2) is 7.37. The number of nitrogens with one attached hydrogen (secondary N) is 2. The molecule has 0 radical (unpaired) electrons. The van der Waals surface area contributed by atoms with Gasteiger partial charge in [0.05, 0.1) is 12.4 Å². The normalized spacial score (nSPS) is 10.8. The molecule has 0 atom stereocenters. The summed E-state index contributed by atoms with van der Waals surface area (Å²) in [5.74, 6) is 0. The molecule has 0 unspecified atom stereocenters. The van der Waals surface area contributed by atoms with Crippen LogP contribution in [0.4, 0.5) is 4.79 Å². The largest absolute Gasteiger partial charge is 0.355 e. The molecule has 7 heteroatoms. The van der Waals surface area contributed by atoms with E-state index >= 15 is 0 Å². The second-order valence-corrected chi connectivity index (χ2v) is 3.63. The van der Waals surface area contributed by atoms with Crippen molar-refractivity contribution in [2.75, 3.05) is 0 Å². The Bertz CT molecular complexity index is 543. The Morgan fingerprint density at radius 1 is 0.850 bits per heavy atom. The van der Waals surface area contributed by atoms with E-state index in [2.05, 4.69) is 31.0 Å². The summed E-state index contributed by atoms with van der Waals surface area (Å²) in [6.45, 7) is 0. The third kappa shape index (κ3) is 4.65. The summed E-state index contributed by atoms with van der Waals surface area (Å²) < 4.78 is 0. The van der Waals surface area contributed by atoms with Crippen LogP contribution >= 0.6 is 0 Å². The lowest BCUT2D eigenvalue weighted by Gasteiger charge is -1.97. The highest BCUT2D eigenvalue weighted by Gasteiger charge is 1.93. The van der Waals surface area contributed by atoms with Gasteiger partial charge < -0.3 is 0 Å². The van der Waals surface area contributed by atoms with Gasteiger partial charge in [-0.25, -0.2) is 15.6 Å². The molecule has 0 saturated heterocycles. The Morgan fingerprint density at radius 2 is 1.25 bits per heavy atom. The van der Waals surface area contributed by atoms with E-state index in [4.69, 9.17) is 0 Å². The van der Waals surface area contributed by atoms with Gasteiger partial charge in [-0.05, 0) is 35.4 Å². The van der Waals surface area contributed by atoms with Crippen molar-refractivity contribution in [2.45, 2.75) is 0 Å². The predicted octanol–water partition coefficient (Wildman–Crippen LogP) is 1.14. The molecule has 2 heterocycles. The smallest absolute Gasteiger partial charge is 0.265 e. The standard InChI is InChI=1S/C13H12N6O/c20-13(18-16-9-11-1-5-14-6-2-11)19-17-10-12-3-7-15-8-4-12/h1-10H,(H2,18,19,20). The first kappa shape index (κ1) is 13.3. The number of rotatable bonds is 4. The molecular weight excluding hydrogens is 256 g/mol. The van der Waals surface area contributed by atoms with Crippen molar-refractivity contribution in [3.8, 4) is 0 Å². The Labute approximate surface area is 115 Å². The second-order valence-electron chi connectivity index (χ2n) is 3.63. The van der Waals surface area contributed by atoms with E-state index in [-0.39, 0.29) is 0 Å². The van der Waals surface area contributed by atoms with Crippen LogP contribution in [0, 0.1) is 0 Å². The summed E-state index contributed by atoms with van der Waals surface area (Å²) >= 11 is 0. The fourth-order valence-corrected chi connectivity index (χ4v) is 1.25. The number of hydrogen-bond donors (Lipinski definition) is 2. The van der Waals surface area contributed by atoms with Gasteiger partial charge >= 0.3 is 6.03 Å². The molecule has 2 aromatic rings. The third-order valence-electron chi connectivity index (χ3n) is 2.17. The van der Waals surface area contributed by atoms with Crippen molar-refractivity contribution in [1.29, 1.82) is 0 Å². The van der Waals surface area contributed by atoms with Gasteiger partial charge in [0.15, 0.2) is 0 Å². The number of nitrogens with zero attached hydrogens (tertiary/aromatic N) is 4. The molecule has 0 spiro atoms. The zero-order valence-electron chi connectivity index (χ0n) is 10.5. The van der Waals surface area contributed by atoms with Crippen molar-refractivity contribution < 1.29 is 4.79 Å². The lowest BCUT2D eigenvalue weighted by atomic mass is 10.3. The number of carbonyl (C=O) groups is 1. The Kier molecular flexibility index (Phi) is 4.92. The fourth-order valence-electron chi connectivity index (χ4n) is 1.25. The van der Waals surface area contributed by atoms with Gasteiger partial charge in [-0.2, -0.15) is 10.2 Å². The average Bonchev–Trinajstić information content (AvgIpc) is 2.49. The van der Waals surface area contributed by atoms with Gasteiger partial charge in [0.1, 0.15) is 0 Å². The summed E-state index contributed by atoms with van der Waals surface area (Å²) in [6.07, 6.45) is 9.57. The lowest BCUT2D eigenvalue weighted by Crippen LogP contribution is -2.28. The van der Waals surface area contributed by atoms with Gasteiger partial charge in [-0.3, -0.25) is 9.97 Å². The van der Waals surface area contributed by atoms with E-state index < -0.39 is 6.03 Å². The van der Waals surface area contributed by atoms with Gasteiger partial charge in [-0.15, -0.1) is 0 Å². The van der Waals surface area contributed by atoms with E-state index in [0.717, 1.165) is 11.1 Å². The lowest BCUT2D eigenvalue weighted by molar-refractivity contribution is 0.242. The van der Waals surface area contributed by atoms with Crippen molar-refractivity contribution >= 4 is 18.5 Å². The van der Waals surface area contributed by atoms with Crippen LogP contribution < -0.4 is 10.9 Å². The Hall–Kier alpha value is -3.09. The molecule has 0 fully saturated rings. The van der Waals surface area contributed by atoms with Crippen LogP contribution in [-0.4, -0.2) is 28.4 Å². The number of aromatic nitrogens is 2. The van der Waals surface area contributed by atoms with Crippen LogP contribution in [0.15, 0.2) is 59.3 Å². The molecule has 7 nitrogen and oxygen atoms in total. The Balaban J connectivity index is 1.76. The van der Waals surface area contributed by atoms with Gasteiger partial charge in [0.2, 0.25) is 0 Å². The third-order valence-corrected chi connectivity index (χ3v) is 2.17. The molecule has 0 saturated carbocycles. The predicted molar refractivity (Wildman–Crippen MR) is 75.3 cm³/mol. The summed E-state index contributed by atoms with van der Waals surface area (Å²) in [5, 5.41) is 7.54. The number of amides is 2. The molecule has 2 aromatic heterocycles. The topological polar surface area (TPSA) is 91.6 Å². The number of hydrogen-bond acceptors (Lipinski definition) is 5.